The summed E-state index contributed by atoms with van der Waals surface area (Å²) in [5.74, 6) is -0.769. The second kappa shape index (κ2) is 5.87. The summed E-state index contributed by atoms with van der Waals surface area (Å²) in [5.41, 5.74) is 2.03. The molecule has 0 aliphatic heterocycles. The quantitative estimate of drug-likeness (QED) is 0.824. The van der Waals surface area contributed by atoms with Crippen molar-refractivity contribution in [1.29, 1.82) is 0 Å². The number of aromatic hydroxyl groups is 1. The first-order valence-electron chi connectivity index (χ1n) is 5.92. The summed E-state index contributed by atoms with van der Waals surface area (Å²) in [7, 11) is 0. The molecule has 0 radical (unpaired) electrons. The van der Waals surface area contributed by atoms with Gasteiger partial charge in [-0.05, 0) is 29.3 Å². The molecule has 19 heavy (non-hydrogen) atoms. The molecule has 0 bridgehead atoms. The van der Waals surface area contributed by atoms with E-state index in [-0.39, 0.29) is 5.75 Å². The minimum absolute atomic E-state index is 0.164. The number of carboxylic acid groups (broad SMARTS) is 1. The van der Waals surface area contributed by atoms with E-state index in [1.807, 2.05) is 30.3 Å². The molecule has 0 amide bonds. The zero-order chi connectivity index (χ0) is 13.7. The molecule has 2 aromatic carbocycles. The lowest BCUT2D eigenvalue weighted by Crippen LogP contribution is -2.03. The van der Waals surface area contributed by atoms with Crippen LogP contribution in [0.5, 0.6) is 5.75 Å². The number of hydrogen-bond acceptors (Lipinski definition) is 2. The maximum absolute atomic E-state index is 11.3. The Labute approximate surface area is 111 Å². The molecule has 2 aromatic rings. The van der Waals surface area contributed by atoms with Gasteiger partial charge in [-0.3, -0.25) is 0 Å². The van der Waals surface area contributed by atoms with Crippen LogP contribution < -0.4 is 0 Å². The first kappa shape index (κ1) is 12.9. The number of hydrogen-bond donors (Lipinski definition) is 2. The minimum Gasteiger partial charge on any atom is -0.508 e. The predicted octanol–water partition coefficient (Wildman–Crippen LogP) is 3.10. The molecule has 2 N–H and O–H groups in total. The number of benzene rings is 2. The zero-order valence-corrected chi connectivity index (χ0v) is 10.3. The highest BCUT2D eigenvalue weighted by Gasteiger charge is 2.08. The standard InChI is InChI=1S/C16H14O3/c17-15-8-6-13(7-9-15)11-14(16(18)19)10-12-4-2-1-3-5-12/h1-9,11,17H,10H2,(H,18,19)/b14-11-. The second-order valence-electron chi connectivity index (χ2n) is 4.23. The highest BCUT2D eigenvalue weighted by atomic mass is 16.4. The van der Waals surface area contributed by atoms with E-state index in [1.165, 1.54) is 12.1 Å². The largest absolute Gasteiger partial charge is 0.508 e. The van der Waals surface area contributed by atoms with Crippen LogP contribution in [0.3, 0.4) is 0 Å². The number of aliphatic carboxylic acids is 1. The van der Waals surface area contributed by atoms with Crippen molar-refractivity contribution in [2.45, 2.75) is 6.42 Å². The first-order chi connectivity index (χ1) is 9.15. The Hall–Kier alpha value is -2.55. The molecule has 0 aromatic heterocycles. The molecule has 0 heterocycles. The van der Waals surface area contributed by atoms with Gasteiger partial charge in [0.2, 0.25) is 0 Å². The summed E-state index contributed by atoms with van der Waals surface area (Å²) in [6, 6.07) is 15.9. The van der Waals surface area contributed by atoms with Crippen molar-refractivity contribution < 1.29 is 15.0 Å². The van der Waals surface area contributed by atoms with E-state index in [4.69, 9.17) is 0 Å². The molecular formula is C16H14O3. The topological polar surface area (TPSA) is 57.5 Å². The fourth-order valence-corrected chi connectivity index (χ4v) is 1.78. The average molecular weight is 254 g/mol. The van der Waals surface area contributed by atoms with Gasteiger partial charge >= 0.3 is 5.97 Å². The van der Waals surface area contributed by atoms with E-state index in [0.717, 1.165) is 11.1 Å². The highest BCUT2D eigenvalue weighted by molar-refractivity contribution is 5.92. The van der Waals surface area contributed by atoms with Crippen LogP contribution in [-0.2, 0) is 11.2 Å². The summed E-state index contributed by atoms with van der Waals surface area (Å²) in [6.07, 6.45) is 1.99. The van der Waals surface area contributed by atoms with Gasteiger partial charge in [0, 0.05) is 12.0 Å². The lowest BCUT2D eigenvalue weighted by molar-refractivity contribution is -0.132. The molecule has 0 spiro atoms. The second-order valence-corrected chi connectivity index (χ2v) is 4.23. The van der Waals surface area contributed by atoms with Crippen molar-refractivity contribution in [2.75, 3.05) is 0 Å². The number of carbonyl (C=O) groups is 1. The van der Waals surface area contributed by atoms with Crippen LogP contribution in [-0.4, -0.2) is 16.2 Å². The third-order valence-electron chi connectivity index (χ3n) is 2.75. The summed E-state index contributed by atoms with van der Waals surface area (Å²) < 4.78 is 0. The fourth-order valence-electron chi connectivity index (χ4n) is 1.78. The summed E-state index contributed by atoms with van der Waals surface area (Å²) in [5, 5.41) is 18.4. The number of carboxylic acids is 1. The third-order valence-corrected chi connectivity index (χ3v) is 2.75. The van der Waals surface area contributed by atoms with Crippen molar-refractivity contribution in [3.05, 3.63) is 71.3 Å². The molecule has 0 unspecified atom stereocenters. The molecule has 0 aliphatic carbocycles. The fraction of sp³-hybridized carbons (Fsp3) is 0.0625. The molecule has 0 saturated carbocycles. The molecule has 0 atom stereocenters. The smallest absolute Gasteiger partial charge is 0.331 e. The molecule has 0 saturated heterocycles. The lowest BCUT2D eigenvalue weighted by Gasteiger charge is -2.03. The summed E-state index contributed by atoms with van der Waals surface area (Å²) in [6.45, 7) is 0. The monoisotopic (exact) mass is 254 g/mol. The Morgan fingerprint density at radius 2 is 1.63 bits per heavy atom. The van der Waals surface area contributed by atoms with Gasteiger partial charge in [-0.15, -0.1) is 0 Å². The Kier molecular flexibility index (Phi) is 3.98. The van der Waals surface area contributed by atoms with Gasteiger partial charge in [-0.25, -0.2) is 4.79 Å². The van der Waals surface area contributed by atoms with Gasteiger partial charge in [0.25, 0.3) is 0 Å². The van der Waals surface area contributed by atoms with Crippen LogP contribution in [0.4, 0.5) is 0 Å². The Balaban J connectivity index is 2.25. The zero-order valence-electron chi connectivity index (χ0n) is 10.3. The summed E-state index contributed by atoms with van der Waals surface area (Å²) >= 11 is 0. The number of phenols is 1. The molecule has 2 rings (SSSR count). The van der Waals surface area contributed by atoms with E-state index < -0.39 is 5.97 Å². The third kappa shape index (κ3) is 3.71. The maximum Gasteiger partial charge on any atom is 0.331 e. The van der Waals surface area contributed by atoms with Gasteiger partial charge in [0.05, 0.1) is 0 Å². The molecule has 0 fully saturated rings. The van der Waals surface area contributed by atoms with Crippen LogP contribution >= 0.6 is 0 Å². The maximum atomic E-state index is 11.3. The van der Waals surface area contributed by atoms with Crippen LogP contribution in [0.1, 0.15) is 11.1 Å². The molecule has 0 aliphatic rings. The van der Waals surface area contributed by atoms with E-state index in [2.05, 4.69) is 0 Å². The van der Waals surface area contributed by atoms with Crippen LogP contribution in [0.15, 0.2) is 60.2 Å². The van der Waals surface area contributed by atoms with Crippen molar-refractivity contribution in [3.8, 4) is 5.75 Å². The predicted molar refractivity (Wildman–Crippen MR) is 73.9 cm³/mol. The molecular weight excluding hydrogens is 240 g/mol. The number of phenolic OH excluding ortho intramolecular Hbond substituents is 1. The normalized spacial score (nSPS) is 11.3. The molecule has 3 nitrogen and oxygen atoms in total. The highest BCUT2D eigenvalue weighted by Crippen LogP contribution is 2.15. The van der Waals surface area contributed by atoms with Gasteiger partial charge < -0.3 is 10.2 Å². The SMILES string of the molecule is O=C(O)/C(=C\c1ccc(O)cc1)Cc1ccccc1. The number of rotatable bonds is 4. The Morgan fingerprint density at radius 3 is 2.21 bits per heavy atom. The molecule has 3 heteroatoms. The van der Waals surface area contributed by atoms with Crippen molar-refractivity contribution >= 4 is 12.0 Å². The van der Waals surface area contributed by atoms with E-state index in [1.54, 1.807) is 18.2 Å². The lowest BCUT2D eigenvalue weighted by atomic mass is 10.0. The summed E-state index contributed by atoms with van der Waals surface area (Å²) in [4.78, 5) is 11.3. The Bertz CT molecular complexity index is 583. The van der Waals surface area contributed by atoms with Crippen molar-refractivity contribution in [3.63, 3.8) is 0 Å². The van der Waals surface area contributed by atoms with Gasteiger partial charge in [-0.2, -0.15) is 0 Å². The average Bonchev–Trinajstić information content (AvgIpc) is 2.41. The van der Waals surface area contributed by atoms with E-state index in [0.29, 0.717) is 12.0 Å². The minimum atomic E-state index is -0.933. The van der Waals surface area contributed by atoms with Gasteiger partial charge in [0.1, 0.15) is 5.75 Å². The molecule has 96 valence electrons. The van der Waals surface area contributed by atoms with E-state index >= 15 is 0 Å². The van der Waals surface area contributed by atoms with Crippen LogP contribution in [0.2, 0.25) is 0 Å². The van der Waals surface area contributed by atoms with Gasteiger partial charge in [-0.1, -0.05) is 42.5 Å². The van der Waals surface area contributed by atoms with Gasteiger partial charge in [0.15, 0.2) is 0 Å². The van der Waals surface area contributed by atoms with Crippen molar-refractivity contribution in [1.82, 2.24) is 0 Å². The Morgan fingerprint density at radius 1 is 1.00 bits per heavy atom. The van der Waals surface area contributed by atoms with Crippen LogP contribution in [0.25, 0.3) is 6.08 Å². The first-order valence-corrected chi connectivity index (χ1v) is 5.92. The van der Waals surface area contributed by atoms with E-state index in [9.17, 15) is 15.0 Å². The van der Waals surface area contributed by atoms with Crippen molar-refractivity contribution in [2.24, 2.45) is 0 Å². The van der Waals surface area contributed by atoms with Crippen LogP contribution in [0, 0.1) is 0 Å².